The van der Waals surface area contributed by atoms with Gasteiger partial charge in [-0.25, -0.2) is 13.6 Å². The monoisotopic (exact) mass is 444 g/mol. The van der Waals surface area contributed by atoms with Crippen LogP contribution < -0.4 is 15.2 Å². The molecule has 0 heterocycles. The van der Waals surface area contributed by atoms with Crippen LogP contribution in [0.1, 0.15) is 21.5 Å². The van der Waals surface area contributed by atoms with E-state index in [2.05, 4.69) is 5.32 Å². The molecular formula is C22H21ClN2O4S. The highest BCUT2D eigenvalue weighted by Gasteiger charge is 2.13. The lowest BCUT2D eigenvalue weighted by Gasteiger charge is -2.12. The van der Waals surface area contributed by atoms with Crippen molar-refractivity contribution in [2.45, 2.75) is 17.9 Å². The third-order valence-corrected chi connectivity index (χ3v) is 5.72. The van der Waals surface area contributed by atoms with Gasteiger partial charge >= 0.3 is 0 Å². The van der Waals surface area contributed by atoms with Gasteiger partial charge in [-0.05, 0) is 42.3 Å². The lowest BCUT2D eigenvalue weighted by atomic mass is 10.1. The zero-order chi connectivity index (χ0) is 21.6. The summed E-state index contributed by atoms with van der Waals surface area (Å²) in [4.78, 5) is 12.7. The van der Waals surface area contributed by atoms with Crippen LogP contribution in [0.15, 0.2) is 77.7 Å². The van der Waals surface area contributed by atoms with Gasteiger partial charge in [0.15, 0.2) is 0 Å². The van der Waals surface area contributed by atoms with Gasteiger partial charge in [-0.3, -0.25) is 4.79 Å². The summed E-state index contributed by atoms with van der Waals surface area (Å²) in [5.74, 6) is 0.207. The maximum Gasteiger partial charge on any atom is 0.255 e. The van der Waals surface area contributed by atoms with Crippen LogP contribution in [0.25, 0.3) is 0 Å². The minimum Gasteiger partial charge on any atom is -0.488 e. The highest BCUT2D eigenvalue weighted by atomic mass is 35.5. The van der Waals surface area contributed by atoms with Gasteiger partial charge in [-0.1, -0.05) is 54.1 Å². The van der Waals surface area contributed by atoms with E-state index < -0.39 is 10.0 Å². The van der Waals surface area contributed by atoms with Crippen molar-refractivity contribution in [2.24, 2.45) is 5.14 Å². The number of carbonyl (C=O) groups excluding carboxylic acids is 1. The largest absolute Gasteiger partial charge is 0.488 e. The average Bonchev–Trinajstić information content (AvgIpc) is 2.73. The van der Waals surface area contributed by atoms with Gasteiger partial charge < -0.3 is 10.1 Å². The first-order chi connectivity index (χ1) is 14.3. The SMILES string of the molecule is NS(=O)(=O)c1ccc(CCNC(=O)c2ccccc2OCc2ccccc2Cl)cc1. The Hall–Kier alpha value is -2.87. The van der Waals surface area contributed by atoms with Crippen molar-refractivity contribution in [3.63, 3.8) is 0 Å². The predicted molar refractivity (Wildman–Crippen MR) is 116 cm³/mol. The molecule has 156 valence electrons. The Morgan fingerprint density at radius 3 is 2.33 bits per heavy atom. The van der Waals surface area contributed by atoms with E-state index in [-0.39, 0.29) is 17.4 Å². The van der Waals surface area contributed by atoms with Crippen LogP contribution in [0.4, 0.5) is 0 Å². The highest BCUT2D eigenvalue weighted by molar-refractivity contribution is 7.89. The number of halogens is 1. The van der Waals surface area contributed by atoms with Crippen molar-refractivity contribution in [1.82, 2.24) is 5.32 Å². The zero-order valence-electron chi connectivity index (χ0n) is 16.0. The van der Waals surface area contributed by atoms with Crippen LogP contribution in [0, 0.1) is 0 Å². The second-order valence-corrected chi connectivity index (χ2v) is 8.54. The summed E-state index contributed by atoms with van der Waals surface area (Å²) >= 11 is 6.15. The molecular weight excluding hydrogens is 424 g/mol. The van der Waals surface area contributed by atoms with E-state index in [1.54, 1.807) is 42.5 Å². The molecule has 0 fully saturated rings. The predicted octanol–water partition coefficient (Wildman–Crippen LogP) is 3.54. The summed E-state index contributed by atoms with van der Waals surface area (Å²) < 4.78 is 28.4. The fourth-order valence-corrected chi connectivity index (χ4v) is 3.52. The first kappa shape index (κ1) is 21.8. The minimum absolute atomic E-state index is 0.0554. The van der Waals surface area contributed by atoms with E-state index in [1.165, 1.54) is 12.1 Å². The number of sulfonamides is 1. The summed E-state index contributed by atoms with van der Waals surface area (Å²) in [6.45, 7) is 0.632. The van der Waals surface area contributed by atoms with E-state index in [1.807, 2.05) is 18.2 Å². The van der Waals surface area contributed by atoms with Gasteiger partial charge in [-0.2, -0.15) is 0 Å². The number of carbonyl (C=O) groups is 1. The third-order valence-electron chi connectivity index (χ3n) is 4.42. The minimum atomic E-state index is -3.71. The Morgan fingerprint density at radius 1 is 0.967 bits per heavy atom. The van der Waals surface area contributed by atoms with Crippen LogP contribution in [0.5, 0.6) is 5.75 Å². The van der Waals surface area contributed by atoms with E-state index in [9.17, 15) is 13.2 Å². The van der Waals surface area contributed by atoms with Crippen LogP contribution in [-0.2, 0) is 23.1 Å². The first-order valence-corrected chi connectivity index (χ1v) is 11.1. The number of nitrogens with two attached hydrogens (primary N) is 1. The number of rotatable bonds is 8. The zero-order valence-corrected chi connectivity index (χ0v) is 17.6. The van der Waals surface area contributed by atoms with Gasteiger partial charge in [0.05, 0.1) is 10.5 Å². The Balaban J connectivity index is 1.58. The van der Waals surface area contributed by atoms with Gasteiger partial charge in [0, 0.05) is 17.1 Å². The molecule has 0 saturated carbocycles. The Morgan fingerprint density at radius 2 is 1.63 bits per heavy atom. The molecule has 0 aliphatic rings. The number of benzene rings is 3. The second-order valence-electron chi connectivity index (χ2n) is 6.57. The molecule has 3 aromatic rings. The Kier molecular flexibility index (Phi) is 7.10. The molecule has 30 heavy (non-hydrogen) atoms. The number of primary sulfonamides is 1. The maximum atomic E-state index is 12.6. The fraction of sp³-hybridized carbons (Fsp3) is 0.136. The van der Waals surface area contributed by atoms with E-state index in [0.717, 1.165) is 11.1 Å². The number of nitrogens with one attached hydrogen (secondary N) is 1. The Labute approximate surface area is 180 Å². The van der Waals surface area contributed by atoms with Crippen molar-refractivity contribution in [1.29, 1.82) is 0 Å². The summed E-state index contributed by atoms with van der Waals surface area (Å²) in [7, 11) is -3.71. The molecule has 0 aliphatic heterocycles. The molecule has 0 unspecified atom stereocenters. The van der Waals surface area contributed by atoms with Crippen LogP contribution in [0.2, 0.25) is 5.02 Å². The number of ether oxygens (including phenoxy) is 1. The molecule has 3 N–H and O–H groups in total. The summed E-state index contributed by atoms with van der Waals surface area (Å²) in [5.41, 5.74) is 2.14. The van der Waals surface area contributed by atoms with E-state index in [4.69, 9.17) is 21.5 Å². The smallest absolute Gasteiger partial charge is 0.255 e. The van der Waals surface area contributed by atoms with Crippen LogP contribution in [0.3, 0.4) is 0 Å². The summed E-state index contributed by atoms with van der Waals surface area (Å²) in [6.07, 6.45) is 0.541. The standard InChI is InChI=1S/C22H21ClN2O4S/c23-20-7-3-1-5-17(20)15-29-21-8-4-2-6-19(21)22(26)25-14-13-16-9-11-18(12-10-16)30(24,27)28/h1-12H,13-15H2,(H,25,26)(H2,24,27,28). The summed E-state index contributed by atoms with van der Waals surface area (Å²) in [6, 6.07) is 20.6. The Bertz CT molecular complexity index is 1130. The molecule has 0 aliphatic carbocycles. The number of hydrogen-bond acceptors (Lipinski definition) is 4. The molecule has 8 heteroatoms. The fourth-order valence-electron chi connectivity index (χ4n) is 2.81. The molecule has 0 aromatic heterocycles. The number of amides is 1. The quantitative estimate of drug-likeness (QED) is 0.555. The molecule has 3 rings (SSSR count). The molecule has 0 bridgehead atoms. The number of para-hydroxylation sites is 1. The summed E-state index contributed by atoms with van der Waals surface area (Å²) in [5, 5.41) is 8.55. The van der Waals surface area contributed by atoms with Gasteiger partial charge in [-0.15, -0.1) is 0 Å². The molecule has 0 saturated heterocycles. The van der Waals surface area contributed by atoms with Crippen molar-refractivity contribution < 1.29 is 17.9 Å². The van der Waals surface area contributed by atoms with Crippen molar-refractivity contribution >= 4 is 27.5 Å². The van der Waals surface area contributed by atoms with Crippen molar-refractivity contribution in [3.05, 3.63) is 94.5 Å². The molecule has 1 amide bonds. The third kappa shape index (κ3) is 5.82. The highest BCUT2D eigenvalue weighted by Crippen LogP contribution is 2.22. The molecule has 6 nitrogen and oxygen atoms in total. The molecule has 0 spiro atoms. The van der Waals surface area contributed by atoms with Crippen molar-refractivity contribution in [2.75, 3.05) is 6.54 Å². The van der Waals surface area contributed by atoms with E-state index in [0.29, 0.717) is 29.3 Å². The van der Waals surface area contributed by atoms with Gasteiger partial charge in [0.1, 0.15) is 12.4 Å². The lowest BCUT2D eigenvalue weighted by molar-refractivity contribution is 0.0949. The molecule has 3 aromatic carbocycles. The van der Waals surface area contributed by atoms with Gasteiger partial charge in [0.25, 0.3) is 5.91 Å². The first-order valence-electron chi connectivity index (χ1n) is 9.20. The number of hydrogen-bond donors (Lipinski definition) is 2. The van der Waals surface area contributed by atoms with Crippen molar-refractivity contribution in [3.8, 4) is 5.75 Å². The maximum absolute atomic E-state index is 12.6. The lowest BCUT2D eigenvalue weighted by Crippen LogP contribution is -2.26. The van der Waals surface area contributed by atoms with Crippen LogP contribution in [-0.4, -0.2) is 20.9 Å². The van der Waals surface area contributed by atoms with Crippen LogP contribution >= 0.6 is 11.6 Å². The molecule has 0 atom stereocenters. The topological polar surface area (TPSA) is 98.5 Å². The average molecular weight is 445 g/mol. The molecule has 0 radical (unpaired) electrons. The normalized spacial score (nSPS) is 11.1. The van der Waals surface area contributed by atoms with E-state index >= 15 is 0 Å². The van der Waals surface area contributed by atoms with Gasteiger partial charge in [0.2, 0.25) is 10.0 Å². The second kappa shape index (κ2) is 9.75.